The number of likely N-dealkylation sites (N-methyl/N-ethyl adjacent to an activating group) is 1. The molecule has 1 aliphatic rings. The molecule has 1 saturated carbocycles. The largest absolute Gasteiger partial charge is 0.490 e. The van der Waals surface area contributed by atoms with Gasteiger partial charge in [-0.2, -0.15) is 0 Å². The van der Waals surface area contributed by atoms with Gasteiger partial charge in [0.1, 0.15) is 5.82 Å². The number of hydrogen-bond donors (Lipinski definition) is 2. The standard InChI is InChI=1S/C13H17F2NO2/c1-16-6-12(17)10-4-9(14)5-11(15)13(10)18-7-8-2-3-8/h4-5,8,12,16-17H,2-3,6-7H2,1H3. The van der Waals surface area contributed by atoms with Crippen LogP contribution in [0, 0.1) is 17.6 Å². The van der Waals surface area contributed by atoms with Crippen molar-refractivity contribution in [2.24, 2.45) is 5.92 Å². The van der Waals surface area contributed by atoms with E-state index in [4.69, 9.17) is 4.74 Å². The number of aliphatic hydroxyl groups is 1. The first kappa shape index (κ1) is 13.2. The van der Waals surface area contributed by atoms with Gasteiger partial charge in [0, 0.05) is 18.2 Å². The van der Waals surface area contributed by atoms with Crippen molar-refractivity contribution in [1.29, 1.82) is 0 Å². The van der Waals surface area contributed by atoms with E-state index >= 15 is 0 Å². The summed E-state index contributed by atoms with van der Waals surface area (Å²) >= 11 is 0. The molecule has 18 heavy (non-hydrogen) atoms. The van der Waals surface area contributed by atoms with Crippen LogP contribution in [0.5, 0.6) is 5.75 Å². The van der Waals surface area contributed by atoms with Crippen molar-refractivity contribution in [3.63, 3.8) is 0 Å². The number of nitrogens with one attached hydrogen (secondary N) is 1. The molecule has 2 N–H and O–H groups in total. The van der Waals surface area contributed by atoms with Crippen molar-refractivity contribution in [2.45, 2.75) is 18.9 Å². The van der Waals surface area contributed by atoms with Crippen molar-refractivity contribution in [1.82, 2.24) is 5.32 Å². The molecule has 0 aromatic heterocycles. The van der Waals surface area contributed by atoms with Crippen molar-refractivity contribution >= 4 is 0 Å². The first-order chi connectivity index (χ1) is 8.61. The first-order valence-electron chi connectivity index (χ1n) is 6.06. The van der Waals surface area contributed by atoms with E-state index in [0.29, 0.717) is 12.5 Å². The predicted molar refractivity (Wildman–Crippen MR) is 63.5 cm³/mol. The lowest BCUT2D eigenvalue weighted by atomic mass is 10.1. The fourth-order valence-corrected chi connectivity index (χ4v) is 1.77. The number of ether oxygens (including phenoxy) is 1. The highest BCUT2D eigenvalue weighted by Gasteiger charge is 2.25. The minimum atomic E-state index is -0.991. The number of halogens is 2. The van der Waals surface area contributed by atoms with Crippen molar-refractivity contribution in [3.8, 4) is 5.75 Å². The Balaban J connectivity index is 2.21. The summed E-state index contributed by atoms with van der Waals surface area (Å²) in [6, 6.07) is 1.89. The van der Waals surface area contributed by atoms with Crippen LogP contribution in [-0.4, -0.2) is 25.3 Å². The SMILES string of the molecule is CNCC(O)c1cc(F)cc(F)c1OCC1CC1. The second-order valence-corrected chi connectivity index (χ2v) is 4.63. The summed E-state index contributed by atoms with van der Waals surface area (Å²) in [5, 5.41) is 12.6. The maximum absolute atomic E-state index is 13.7. The average molecular weight is 257 g/mol. The van der Waals surface area contributed by atoms with E-state index in [1.54, 1.807) is 7.05 Å². The summed E-state index contributed by atoms with van der Waals surface area (Å²) in [7, 11) is 1.66. The van der Waals surface area contributed by atoms with Crippen LogP contribution in [0.1, 0.15) is 24.5 Å². The Morgan fingerprint density at radius 1 is 1.44 bits per heavy atom. The molecular formula is C13H17F2NO2. The molecule has 2 rings (SSSR count). The van der Waals surface area contributed by atoms with E-state index in [-0.39, 0.29) is 17.9 Å². The fraction of sp³-hybridized carbons (Fsp3) is 0.538. The third-order valence-corrected chi connectivity index (χ3v) is 2.95. The van der Waals surface area contributed by atoms with E-state index < -0.39 is 17.7 Å². The molecule has 100 valence electrons. The van der Waals surface area contributed by atoms with Crippen LogP contribution in [0.4, 0.5) is 8.78 Å². The van der Waals surface area contributed by atoms with Crippen LogP contribution >= 0.6 is 0 Å². The topological polar surface area (TPSA) is 41.5 Å². The van der Waals surface area contributed by atoms with Gasteiger partial charge in [-0.05, 0) is 31.9 Å². The molecule has 1 aliphatic carbocycles. The lowest BCUT2D eigenvalue weighted by molar-refractivity contribution is 0.168. The van der Waals surface area contributed by atoms with Crippen LogP contribution in [0.15, 0.2) is 12.1 Å². The Kier molecular flexibility index (Phi) is 4.14. The van der Waals surface area contributed by atoms with Gasteiger partial charge in [-0.1, -0.05) is 0 Å². The maximum atomic E-state index is 13.7. The number of rotatable bonds is 6. The normalized spacial score (nSPS) is 16.7. The fourth-order valence-electron chi connectivity index (χ4n) is 1.77. The van der Waals surface area contributed by atoms with Gasteiger partial charge in [-0.25, -0.2) is 8.78 Å². The Morgan fingerprint density at radius 3 is 2.78 bits per heavy atom. The Bertz CT molecular complexity index is 422. The lowest BCUT2D eigenvalue weighted by Gasteiger charge is -2.16. The van der Waals surface area contributed by atoms with Gasteiger partial charge in [0.05, 0.1) is 12.7 Å². The van der Waals surface area contributed by atoms with E-state index in [1.165, 1.54) is 0 Å². The van der Waals surface area contributed by atoms with Crippen LogP contribution in [0.25, 0.3) is 0 Å². The summed E-state index contributed by atoms with van der Waals surface area (Å²) in [4.78, 5) is 0. The minimum Gasteiger partial charge on any atom is -0.490 e. The van der Waals surface area contributed by atoms with E-state index in [2.05, 4.69) is 5.32 Å². The van der Waals surface area contributed by atoms with Crippen LogP contribution in [0.3, 0.4) is 0 Å². The molecule has 1 atom stereocenters. The zero-order valence-corrected chi connectivity index (χ0v) is 10.2. The van der Waals surface area contributed by atoms with Crippen LogP contribution in [-0.2, 0) is 0 Å². The molecule has 1 aromatic rings. The average Bonchev–Trinajstić information content (AvgIpc) is 3.11. The number of aliphatic hydroxyl groups excluding tert-OH is 1. The highest BCUT2D eigenvalue weighted by atomic mass is 19.1. The quantitative estimate of drug-likeness (QED) is 0.819. The zero-order valence-electron chi connectivity index (χ0n) is 10.2. The van der Waals surface area contributed by atoms with E-state index in [9.17, 15) is 13.9 Å². The van der Waals surface area contributed by atoms with E-state index in [1.807, 2.05) is 0 Å². The minimum absolute atomic E-state index is 0.0361. The molecule has 0 spiro atoms. The monoisotopic (exact) mass is 257 g/mol. The second kappa shape index (κ2) is 5.63. The smallest absolute Gasteiger partial charge is 0.168 e. The molecule has 0 heterocycles. The highest BCUT2D eigenvalue weighted by Crippen LogP contribution is 2.33. The predicted octanol–water partition coefficient (Wildman–Crippen LogP) is 2.01. The molecule has 0 aliphatic heterocycles. The van der Waals surface area contributed by atoms with E-state index in [0.717, 1.165) is 25.0 Å². The Labute approximate surface area is 105 Å². The van der Waals surface area contributed by atoms with Crippen molar-refractivity contribution in [3.05, 3.63) is 29.3 Å². The molecule has 0 radical (unpaired) electrons. The summed E-state index contributed by atoms with van der Waals surface area (Å²) in [6.45, 7) is 0.629. The van der Waals surface area contributed by atoms with Gasteiger partial charge in [0.15, 0.2) is 11.6 Å². The maximum Gasteiger partial charge on any atom is 0.168 e. The second-order valence-electron chi connectivity index (χ2n) is 4.63. The third kappa shape index (κ3) is 3.17. The van der Waals surface area contributed by atoms with Gasteiger partial charge >= 0.3 is 0 Å². The Hall–Kier alpha value is -1.20. The molecule has 1 unspecified atom stereocenters. The van der Waals surface area contributed by atoms with Gasteiger partial charge < -0.3 is 15.2 Å². The molecule has 1 fully saturated rings. The molecule has 0 amide bonds. The van der Waals surface area contributed by atoms with Crippen LogP contribution in [0.2, 0.25) is 0 Å². The molecule has 3 nitrogen and oxygen atoms in total. The lowest BCUT2D eigenvalue weighted by Crippen LogP contribution is -2.18. The molecule has 0 saturated heterocycles. The first-order valence-corrected chi connectivity index (χ1v) is 6.06. The van der Waals surface area contributed by atoms with Gasteiger partial charge in [0.2, 0.25) is 0 Å². The van der Waals surface area contributed by atoms with Gasteiger partial charge in [-0.3, -0.25) is 0 Å². The summed E-state index contributed by atoms with van der Waals surface area (Å²) < 4.78 is 32.3. The summed E-state index contributed by atoms with van der Waals surface area (Å²) in [5.41, 5.74) is 0.155. The number of benzene rings is 1. The highest BCUT2D eigenvalue weighted by molar-refractivity contribution is 5.37. The van der Waals surface area contributed by atoms with Crippen molar-refractivity contribution < 1.29 is 18.6 Å². The van der Waals surface area contributed by atoms with Crippen molar-refractivity contribution in [2.75, 3.05) is 20.2 Å². The summed E-state index contributed by atoms with van der Waals surface area (Å²) in [5.74, 6) is -1.05. The molecule has 5 heteroatoms. The van der Waals surface area contributed by atoms with Gasteiger partial charge in [0.25, 0.3) is 0 Å². The Morgan fingerprint density at radius 2 is 2.17 bits per heavy atom. The molecular weight excluding hydrogens is 240 g/mol. The third-order valence-electron chi connectivity index (χ3n) is 2.95. The zero-order chi connectivity index (χ0) is 13.1. The number of hydrogen-bond acceptors (Lipinski definition) is 3. The van der Waals surface area contributed by atoms with Gasteiger partial charge in [-0.15, -0.1) is 0 Å². The molecule has 1 aromatic carbocycles. The van der Waals surface area contributed by atoms with Crippen LogP contribution < -0.4 is 10.1 Å². The molecule has 0 bridgehead atoms. The summed E-state index contributed by atoms with van der Waals surface area (Å²) in [6.07, 6.45) is 1.17.